The zero-order valence-electron chi connectivity index (χ0n) is 17.6. The average molecular weight is 417 g/mol. The van der Waals surface area contributed by atoms with E-state index in [4.69, 9.17) is 0 Å². The molecule has 5 rings (SSSR count). The fourth-order valence-corrected chi connectivity index (χ4v) is 4.57. The molecule has 1 aliphatic carbocycles. The molecule has 2 aromatic rings. The van der Waals surface area contributed by atoms with Gasteiger partial charge in [-0.1, -0.05) is 24.6 Å². The predicted molar refractivity (Wildman–Crippen MR) is 123 cm³/mol. The quantitative estimate of drug-likeness (QED) is 0.578. The second kappa shape index (κ2) is 8.55. The second-order valence-electron chi connectivity index (χ2n) is 8.66. The summed E-state index contributed by atoms with van der Waals surface area (Å²) in [4.78, 5) is 29.4. The monoisotopic (exact) mass is 416 g/mol. The van der Waals surface area contributed by atoms with Gasteiger partial charge in [0.1, 0.15) is 0 Å². The Morgan fingerprint density at radius 2 is 1.61 bits per heavy atom. The van der Waals surface area contributed by atoms with E-state index in [2.05, 4.69) is 32.6 Å². The van der Waals surface area contributed by atoms with Crippen molar-refractivity contribution in [1.29, 1.82) is 0 Å². The Hall–Kier alpha value is -3.12. The summed E-state index contributed by atoms with van der Waals surface area (Å²) >= 11 is 0. The number of imide groups is 1. The van der Waals surface area contributed by atoms with Crippen molar-refractivity contribution in [2.24, 2.45) is 5.92 Å². The number of hydrogen-bond donors (Lipinski definition) is 2. The van der Waals surface area contributed by atoms with Crippen LogP contribution < -0.4 is 15.5 Å². The Labute approximate surface area is 182 Å². The molecule has 6 heteroatoms. The van der Waals surface area contributed by atoms with E-state index >= 15 is 0 Å². The summed E-state index contributed by atoms with van der Waals surface area (Å²) in [6.07, 6.45) is 5.91. The van der Waals surface area contributed by atoms with E-state index in [1.165, 1.54) is 31.5 Å². The number of carbonyl (C=O) groups excluding carboxylic acids is 2. The molecule has 2 aliphatic heterocycles. The van der Waals surface area contributed by atoms with Crippen LogP contribution in [0.4, 0.5) is 11.4 Å². The summed E-state index contributed by atoms with van der Waals surface area (Å²) in [5, 5.41) is 5.61. The molecule has 0 atom stereocenters. The van der Waals surface area contributed by atoms with Crippen molar-refractivity contribution < 1.29 is 9.59 Å². The van der Waals surface area contributed by atoms with E-state index in [1.54, 1.807) is 24.4 Å². The van der Waals surface area contributed by atoms with E-state index in [0.717, 1.165) is 37.8 Å². The molecule has 0 unspecified atom stereocenters. The first-order valence-electron chi connectivity index (χ1n) is 11.2. The molecule has 0 spiro atoms. The van der Waals surface area contributed by atoms with Crippen LogP contribution >= 0.6 is 0 Å². The van der Waals surface area contributed by atoms with Gasteiger partial charge in [0.15, 0.2) is 0 Å². The van der Waals surface area contributed by atoms with Crippen LogP contribution in [0, 0.1) is 5.92 Å². The molecule has 2 aromatic carbocycles. The molecule has 160 valence electrons. The van der Waals surface area contributed by atoms with E-state index < -0.39 is 0 Å². The zero-order valence-corrected chi connectivity index (χ0v) is 17.6. The number of rotatable bonds is 5. The lowest BCUT2D eigenvalue weighted by Gasteiger charge is -2.39. The minimum atomic E-state index is -0.382. The lowest BCUT2D eigenvalue weighted by Crippen LogP contribution is -2.48. The van der Waals surface area contributed by atoms with Crippen LogP contribution in [0.25, 0.3) is 5.57 Å². The number of benzene rings is 2. The molecule has 2 heterocycles. The number of anilines is 2. The molecule has 2 fully saturated rings. The fraction of sp³-hybridized carbons (Fsp3) is 0.360. The third-order valence-electron chi connectivity index (χ3n) is 6.66. The molecule has 2 amide bonds. The number of carbonyl (C=O) groups is 2. The lowest BCUT2D eigenvalue weighted by atomic mass is 9.85. The van der Waals surface area contributed by atoms with Crippen molar-refractivity contribution in [1.82, 2.24) is 10.2 Å². The molecular weight excluding hydrogens is 388 g/mol. The average Bonchev–Trinajstić information content (AvgIpc) is 2.77. The molecule has 31 heavy (non-hydrogen) atoms. The van der Waals surface area contributed by atoms with Crippen LogP contribution in [0.15, 0.2) is 54.7 Å². The van der Waals surface area contributed by atoms with E-state index in [0.29, 0.717) is 16.7 Å². The van der Waals surface area contributed by atoms with Gasteiger partial charge in [0.2, 0.25) is 0 Å². The topological polar surface area (TPSA) is 64.7 Å². The largest absolute Gasteiger partial charge is 0.369 e. The van der Waals surface area contributed by atoms with Gasteiger partial charge in [-0.25, -0.2) is 0 Å². The van der Waals surface area contributed by atoms with Crippen molar-refractivity contribution in [2.45, 2.75) is 19.3 Å². The highest BCUT2D eigenvalue weighted by molar-refractivity contribution is 6.31. The van der Waals surface area contributed by atoms with Crippen molar-refractivity contribution in [3.8, 4) is 0 Å². The summed E-state index contributed by atoms with van der Waals surface area (Å²) in [7, 11) is 0. The highest BCUT2D eigenvalue weighted by Crippen LogP contribution is 2.28. The van der Waals surface area contributed by atoms with Crippen LogP contribution in [0.3, 0.4) is 0 Å². The number of nitrogens with one attached hydrogen (secondary N) is 2. The maximum Gasteiger partial charge on any atom is 0.260 e. The smallest absolute Gasteiger partial charge is 0.260 e. The van der Waals surface area contributed by atoms with Gasteiger partial charge in [0.25, 0.3) is 11.8 Å². The number of piperazine rings is 1. The number of hydrogen-bond acceptors (Lipinski definition) is 5. The maximum absolute atomic E-state index is 12.3. The Kier molecular flexibility index (Phi) is 5.47. The normalized spacial score (nSPS) is 20.9. The van der Waals surface area contributed by atoms with Crippen LogP contribution in [-0.2, 0) is 4.79 Å². The molecule has 1 saturated heterocycles. The Morgan fingerprint density at radius 1 is 0.903 bits per heavy atom. The summed E-state index contributed by atoms with van der Waals surface area (Å²) in [5.41, 5.74) is 3.76. The second-order valence-corrected chi connectivity index (χ2v) is 8.66. The highest BCUT2D eigenvalue weighted by atomic mass is 16.2. The van der Waals surface area contributed by atoms with Crippen molar-refractivity contribution in [3.05, 3.63) is 65.9 Å². The molecule has 0 bridgehead atoms. The summed E-state index contributed by atoms with van der Waals surface area (Å²) in [6, 6.07) is 15.5. The predicted octanol–water partition coefficient (Wildman–Crippen LogP) is 3.33. The Balaban J connectivity index is 1.21. The number of fused-ring (bicyclic) bond motifs is 1. The Bertz CT molecular complexity index is 1000. The first kappa shape index (κ1) is 19.8. The SMILES string of the molecule is O=C1NC(=O)c2ccccc2C1=CNc1ccc(N2CCN(CC3CCC3)CC2)cc1. The Morgan fingerprint density at radius 3 is 2.29 bits per heavy atom. The molecule has 3 aliphatic rings. The molecule has 0 aromatic heterocycles. The third kappa shape index (κ3) is 4.21. The summed E-state index contributed by atoms with van der Waals surface area (Å²) < 4.78 is 0. The van der Waals surface area contributed by atoms with E-state index in [9.17, 15) is 9.59 Å². The van der Waals surface area contributed by atoms with Gasteiger partial charge >= 0.3 is 0 Å². The van der Waals surface area contributed by atoms with Crippen LogP contribution in [-0.4, -0.2) is 49.4 Å². The molecular formula is C25H28N4O2. The van der Waals surface area contributed by atoms with Gasteiger partial charge in [-0.3, -0.25) is 19.8 Å². The molecule has 1 saturated carbocycles. The van der Waals surface area contributed by atoms with Gasteiger partial charge in [-0.05, 0) is 49.1 Å². The molecule has 6 nitrogen and oxygen atoms in total. The van der Waals surface area contributed by atoms with Crippen molar-refractivity contribution >= 4 is 28.8 Å². The summed E-state index contributed by atoms with van der Waals surface area (Å²) in [5.74, 6) is 0.199. The fourth-order valence-electron chi connectivity index (χ4n) is 4.57. The van der Waals surface area contributed by atoms with Gasteiger partial charge in [0.05, 0.1) is 5.57 Å². The highest BCUT2D eigenvalue weighted by Gasteiger charge is 2.27. The minimum absolute atomic E-state index is 0.352. The van der Waals surface area contributed by atoms with Crippen LogP contribution in [0.2, 0.25) is 0 Å². The number of amides is 2. The van der Waals surface area contributed by atoms with Gasteiger partial charge < -0.3 is 10.2 Å². The lowest BCUT2D eigenvalue weighted by molar-refractivity contribution is -0.114. The summed E-state index contributed by atoms with van der Waals surface area (Å²) in [6.45, 7) is 5.67. The van der Waals surface area contributed by atoms with Crippen molar-refractivity contribution in [3.63, 3.8) is 0 Å². The van der Waals surface area contributed by atoms with E-state index in [1.807, 2.05) is 18.2 Å². The minimum Gasteiger partial charge on any atom is -0.369 e. The number of nitrogens with zero attached hydrogens (tertiary/aromatic N) is 2. The van der Waals surface area contributed by atoms with E-state index in [-0.39, 0.29) is 11.8 Å². The molecule has 2 N–H and O–H groups in total. The first-order valence-corrected chi connectivity index (χ1v) is 11.2. The van der Waals surface area contributed by atoms with Crippen LogP contribution in [0.1, 0.15) is 35.2 Å². The van der Waals surface area contributed by atoms with Gasteiger partial charge in [-0.2, -0.15) is 0 Å². The maximum atomic E-state index is 12.3. The van der Waals surface area contributed by atoms with Crippen LogP contribution in [0.5, 0.6) is 0 Å². The van der Waals surface area contributed by atoms with Gasteiger partial charge in [0, 0.05) is 61.4 Å². The van der Waals surface area contributed by atoms with Crippen molar-refractivity contribution in [2.75, 3.05) is 42.9 Å². The third-order valence-corrected chi connectivity index (χ3v) is 6.66. The van der Waals surface area contributed by atoms with Gasteiger partial charge in [-0.15, -0.1) is 0 Å². The first-order chi connectivity index (χ1) is 15.2. The molecule has 0 radical (unpaired) electrons. The zero-order chi connectivity index (χ0) is 21.2. The standard InChI is InChI=1S/C25H28N4O2/c30-24-22-7-2-1-6-21(22)23(25(31)27-24)16-26-19-8-10-20(11-9-19)29-14-12-28(13-15-29)17-18-4-3-5-18/h1-2,6-11,16,18,26H,3-5,12-15,17H2,(H,27,30,31).